The second-order valence-corrected chi connectivity index (χ2v) is 5.99. The zero-order valence-electron chi connectivity index (χ0n) is 13.5. The molecular formula is C20H22FNO. The van der Waals surface area contributed by atoms with Crippen LogP contribution in [0.15, 0.2) is 60.7 Å². The van der Waals surface area contributed by atoms with Crippen LogP contribution in [0.5, 0.6) is 0 Å². The van der Waals surface area contributed by atoms with Gasteiger partial charge in [0, 0.05) is 6.08 Å². The summed E-state index contributed by atoms with van der Waals surface area (Å²) in [5, 5.41) is 3.05. The third-order valence-electron chi connectivity index (χ3n) is 3.52. The van der Waals surface area contributed by atoms with E-state index in [9.17, 15) is 9.18 Å². The Morgan fingerprint density at radius 1 is 1.09 bits per heavy atom. The molecule has 0 aliphatic heterocycles. The molecule has 1 N–H and O–H groups in total. The Bertz CT molecular complexity index is 647. The van der Waals surface area contributed by atoms with Gasteiger partial charge in [-0.05, 0) is 41.7 Å². The first-order chi connectivity index (χ1) is 11.0. The van der Waals surface area contributed by atoms with Gasteiger partial charge >= 0.3 is 0 Å². The Kier molecular flexibility index (Phi) is 6.10. The van der Waals surface area contributed by atoms with E-state index in [0.29, 0.717) is 5.92 Å². The summed E-state index contributed by atoms with van der Waals surface area (Å²) in [5.41, 5.74) is 1.89. The number of hydrogen-bond donors (Lipinski definition) is 1. The number of halogens is 1. The van der Waals surface area contributed by atoms with Crippen LogP contribution < -0.4 is 5.32 Å². The zero-order chi connectivity index (χ0) is 16.7. The second kappa shape index (κ2) is 8.28. The molecule has 2 nitrogen and oxygen atoms in total. The quantitative estimate of drug-likeness (QED) is 0.767. The molecular weight excluding hydrogens is 289 g/mol. The predicted octanol–water partition coefficient (Wildman–Crippen LogP) is 4.74. The molecule has 1 atom stereocenters. The summed E-state index contributed by atoms with van der Waals surface area (Å²) in [7, 11) is 0. The van der Waals surface area contributed by atoms with Crippen molar-refractivity contribution in [3.8, 4) is 0 Å². The van der Waals surface area contributed by atoms with Crippen LogP contribution in [-0.4, -0.2) is 5.91 Å². The smallest absolute Gasteiger partial charge is 0.244 e. The molecule has 1 amide bonds. The van der Waals surface area contributed by atoms with E-state index in [1.54, 1.807) is 18.2 Å². The minimum atomic E-state index is -0.285. The van der Waals surface area contributed by atoms with Crippen LogP contribution in [0, 0.1) is 11.7 Å². The van der Waals surface area contributed by atoms with E-state index in [-0.39, 0.29) is 17.8 Å². The van der Waals surface area contributed by atoms with E-state index in [1.807, 2.05) is 30.3 Å². The second-order valence-electron chi connectivity index (χ2n) is 5.99. The number of carbonyl (C=O) groups is 1. The molecule has 0 fully saturated rings. The van der Waals surface area contributed by atoms with E-state index in [4.69, 9.17) is 0 Å². The molecule has 0 aliphatic rings. The summed E-state index contributed by atoms with van der Waals surface area (Å²) in [6, 6.07) is 16.0. The Morgan fingerprint density at radius 3 is 2.35 bits per heavy atom. The third kappa shape index (κ3) is 5.70. The fourth-order valence-electron chi connectivity index (χ4n) is 2.40. The van der Waals surface area contributed by atoms with Crippen LogP contribution in [0.25, 0.3) is 6.08 Å². The van der Waals surface area contributed by atoms with Crippen LogP contribution >= 0.6 is 0 Å². The number of hydrogen-bond acceptors (Lipinski definition) is 1. The fraction of sp³-hybridized carbons (Fsp3) is 0.250. The highest BCUT2D eigenvalue weighted by Gasteiger charge is 2.14. The summed E-state index contributed by atoms with van der Waals surface area (Å²) in [6.07, 6.45) is 4.05. The summed E-state index contributed by atoms with van der Waals surface area (Å²) in [5.74, 6) is 0.0399. The standard InChI is InChI=1S/C20H22FNO/c1-15(2)14-19(17-6-4-3-5-7-17)22-20(23)13-10-16-8-11-18(21)12-9-16/h3-13,15,19H,14H2,1-2H3,(H,22,23)/b13-10+/t19-/m0/s1. The molecule has 3 heteroatoms. The molecule has 0 saturated carbocycles. The Labute approximate surface area is 137 Å². The molecule has 0 spiro atoms. The van der Waals surface area contributed by atoms with Gasteiger partial charge in [-0.1, -0.05) is 56.3 Å². The van der Waals surface area contributed by atoms with Gasteiger partial charge in [0.05, 0.1) is 6.04 Å². The molecule has 120 valence electrons. The summed E-state index contributed by atoms with van der Waals surface area (Å²) in [6.45, 7) is 4.27. The molecule has 0 radical (unpaired) electrons. The van der Waals surface area contributed by atoms with Crippen LogP contribution in [0.3, 0.4) is 0 Å². The van der Waals surface area contributed by atoms with E-state index in [1.165, 1.54) is 18.2 Å². The van der Waals surface area contributed by atoms with E-state index in [2.05, 4.69) is 19.2 Å². The molecule has 2 rings (SSSR count). The number of carbonyl (C=O) groups excluding carboxylic acids is 1. The molecule has 0 heterocycles. The number of amides is 1. The molecule has 0 bridgehead atoms. The Balaban J connectivity index is 2.04. The fourth-order valence-corrected chi connectivity index (χ4v) is 2.40. The largest absolute Gasteiger partial charge is 0.346 e. The van der Waals surface area contributed by atoms with Crippen LogP contribution in [0.4, 0.5) is 4.39 Å². The lowest BCUT2D eigenvalue weighted by Crippen LogP contribution is -2.27. The van der Waals surface area contributed by atoms with Gasteiger partial charge in [-0.3, -0.25) is 4.79 Å². The molecule has 0 saturated heterocycles. The molecule has 0 aliphatic carbocycles. The van der Waals surface area contributed by atoms with Crippen molar-refractivity contribution in [1.82, 2.24) is 5.32 Å². The first kappa shape index (κ1) is 16.9. The van der Waals surface area contributed by atoms with E-state index >= 15 is 0 Å². The van der Waals surface area contributed by atoms with Crippen LogP contribution in [0.1, 0.15) is 37.4 Å². The molecule has 0 unspecified atom stereocenters. The van der Waals surface area contributed by atoms with Crippen molar-refractivity contribution in [3.05, 3.63) is 77.6 Å². The van der Waals surface area contributed by atoms with Gasteiger partial charge in [0.25, 0.3) is 0 Å². The minimum Gasteiger partial charge on any atom is -0.346 e. The number of rotatable bonds is 6. The molecule has 0 aromatic heterocycles. The summed E-state index contributed by atoms with van der Waals surface area (Å²) >= 11 is 0. The lowest BCUT2D eigenvalue weighted by molar-refractivity contribution is -0.117. The third-order valence-corrected chi connectivity index (χ3v) is 3.52. The van der Waals surface area contributed by atoms with Crippen LogP contribution in [-0.2, 0) is 4.79 Å². The van der Waals surface area contributed by atoms with Crippen molar-refractivity contribution in [2.24, 2.45) is 5.92 Å². The molecule has 23 heavy (non-hydrogen) atoms. The maximum Gasteiger partial charge on any atom is 0.244 e. The maximum atomic E-state index is 12.9. The molecule has 2 aromatic carbocycles. The monoisotopic (exact) mass is 311 g/mol. The number of benzene rings is 2. The van der Waals surface area contributed by atoms with E-state index in [0.717, 1.165) is 17.5 Å². The summed E-state index contributed by atoms with van der Waals surface area (Å²) < 4.78 is 12.9. The van der Waals surface area contributed by atoms with Gasteiger partial charge < -0.3 is 5.32 Å². The van der Waals surface area contributed by atoms with Gasteiger partial charge in [0.2, 0.25) is 5.91 Å². The lowest BCUT2D eigenvalue weighted by Gasteiger charge is -2.20. The lowest BCUT2D eigenvalue weighted by atomic mass is 9.97. The average molecular weight is 311 g/mol. The molecule has 2 aromatic rings. The normalized spacial score (nSPS) is 12.5. The highest BCUT2D eigenvalue weighted by atomic mass is 19.1. The van der Waals surface area contributed by atoms with E-state index < -0.39 is 0 Å². The minimum absolute atomic E-state index is 0.0124. The van der Waals surface area contributed by atoms with Gasteiger partial charge in [0.15, 0.2) is 0 Å². The number of nitrogens with one attached hydrogen (secondary N) is 1. The Hall–Kier alpha value is -2.42. The highest BCUT2D eigenvalue weighted by molar-refractivity contribution is 5.92. The summed E-state index contributed by atoms with van der Waals surface area (Å²) in [4.78, 5) is 12.2. The first-order valence-electron chi connectivity index (χ1n) is 7.83. The van der Waals surface area contributed by atoms with Crippen molar-refractivity contribution in [2.45, 2.75) is 26.3 Å². The van der Waals surface area contributed by atoms with Crippen LogP contribution in [0.2, 0.25) is 0 Å². The van der Waals surface area contributed by atoms with Crippen molar-refractivity contribution < 1.29 is 9.18 Å². The van der Waals surface area contributed by atoms with Crippen molar-refractivity contribution >= 4 is 12.0 Å². The SMILES string of the molecule is CC(C)C[C@H](NC(=O)/C=C/c1ccc(F)cc1)c1ccccc1. The maximum absolute atomic E-state index is 12.9. The predicted molar refractivity (Wildman–Crippen MR) is 92.2 cm³/mol. The highest BCUT2D eigenvalue weighted by Crippen LogP contribution is 2.21. The van der Waals surface area contributed by atoms with Crippen molar-refractivity contribution in [1.29, 1.82) is 0 Å². The zero-order valence-corrected chi connectivity index (χ0v) is 13.5. The van der Waals surface area contributed by atoms with Gasteiger partial charge in [-0.25, -0.2) is 4.39 Å². The van der Waals surface area contributed by atoms with Gasteiger partial charge in [-0.2, -0.15) is 0 Å². The first-order valence-corrected chi connectivity index (χ1v) is 7.83. The Morgan fingerprint density at radius 2 is 1.74 bits per heavy atom. The van der Waals surface area contributed by atoms with Gasteiger partial charge in [0.1, 0.15) is 5.82 Å². The van der Waals surface area contributed by atoms with Gasteiger partial charge in [-0.15, -0.1) is 0 Å². The topological polar surface area (TPSA) is 29.1 Å². The van der Waals surface area contributed by atoms with Crippen molar-refractivity contribution in [2.75, 3.05) is 0 Å². The van der Waals surface area contributed by atoms with Crippen molar-refractivity contribution in [3.63, 3.8) is 0 Å². The average Bonchev–Trinajstić information content (AvgIpc) is 2.54.